The van der Waals surface area contributed by atoms with E-state index in [0.717, 1.165) is 34.0 Å². The van der Waals surface area contributed by atoms with Crippen LogP contribution in [0.3, 0.4) is 0 Å². The molecule has 2 saturated heterocycles. The van der Waals surface area contributed by atoms with Gasteiger partial charge in [-0.3, -0.25) is 15.0 Å². The maximum absolute atomic E-state index is 13.5. The summed E-state index contributed by atoms with van der Waals surface area (Å²) in [5, 5.41) is 17.8. The minimum absolute atomic E-state index is 0.0977. The van der Waals surface area contributed by atoms with Gasteiger partial charge >= 0.3 is 12.1 Å². The summed E-state index contributed by atoms with van der Waals surface area (Å²) in [5.41, 5.74) is 3.65. The molecule has 3 N–H and O–H groups in total. The van der Waals surface area contributed by atoms with Crippen LogP contribution in [-0.2, 0) is 29.1 Å². The maximum Gasteiger partial charge on any atom is 0.407 e. The number of imide groups is 1. The number of carbonyl (C=O) groups is 3. The predicted molar refractivity (Wildman–Crippen MR) is 169 cm³/mol. The van der Waals surface area contributed by atoms with Gasteiger partial charge in [-0.05, 0) is 42.0 Å². The van der Waals surface area contributed by atoms with Crippen molar-refractivity contribution in [3.05, 3.63) is 108 Å². The molecule has 0 spiro atoms. The average Bonchev–Trinajstić information content (AvgIpc) is 3.48. The van der Waals surface area contributed by atoms with Crippen LogP contribution in [0.1, 0.15) is 36.0 Å². The number of nitriles is 1. The zero-order valence-electron chi connectivity index (χ0n) is 24.9. The molecule has 10 heteroatoms. The van der Waals surface area contributed by atoms with Crippen LogP contribution in [0.4, 0.5) is 9.59 Å². The largest absolute Gasteiger partial charge is 0.445 e. The quantitative estimate of drug-likeness (QED) is 0.237. The van der Waals surface area contributed by atoms with E-state index in [0.29, 0.717) is 19.4 Å². The van der Waals surface area contributed by atoms with E-state index in [1.165, 1.54) is 4.90 Å². The number of hydrogen-bond donors (Lipinski definition) is 3. The molecule has 45 heavy (non-hydrogen) atoms. The van der Waals surface area contributed by atoms with E-state index >= 15 is 0 Å². The van der Waals surface area contributed by atoms with Gasteiger partial charge in [-0.25, -0.2) is 9.59 Å². The van der Waals surface area contributed by atoms with Crippen molar-refractivity contribution in [3.8, 4) is 6.07 Å². The number of aromatic amines is 1. The number of hydrogen-bond acceptors (Lipinski definition) is 6. The van der Waals surface area contributed by atoms with E-state index in [9.17, 15) is 19.6 Å². The van der Waals surface area contributed by atoms with Crippen LogP contribution >= 0.6 is 0 Å². The van der Waals surface area contributed by atoms with Crippen LogP contribution in [0, 0.1) is 11.3 Å². The second kappa shape index (κ2) is 13.7. The molecule has 3 heterocycles. The number of carbonyl (C=O) groups excluding carboxylic acids is 3. The molecule has 0 radical (unpaired) electrons. The SMILES string of the molecule is N#CC(N[C@H]1CCCN2C(=O)N(Cc3ccccc3)C(=O)C[C@H]12)[C@H](Cc1c[nH]c2ccccc12)NC(=O)OCc1ccccc1. The number of fused-ring (bicyclic) bond motifs is 2. The van der Waals surface area contributed by atoms with Crippen LogP contribution in [0.2, 0.25) is 0 Å². The molecule has 2 aliphatic rings. The van der Waals surface area contributed by atoms with E-state index in [4.69, 9.17) is 4.74 Å². The van der Waals surface area contributed by atoms with Crippen molar-refractivity contribution in [2.45, 2.75) is 63.0 Å². The van der Waals surface area contributed by atoms with Crippen molar-refractivity contribution in [2.24, 2.45) is 0 Å². The molecule has 10 nitrogen and oxygen atoms in total. The Morgan fingerprint density at radius 2 is 1.71 bits per heavy atom. The summed E-state index contributed by atoms with van der Waals surface area (Å²) in [6.07, 6.45) is 3.20. The molecular formula is C35H36N6O4. The molecule has 1 unspecified atom stereocenters. The van der Waals surface area contributed by atoms with E-state index in [2.05, 4.69) is 21.7 Å². The molecular weight excluding hydrogens is 568 g/mol. The number of piperidine rings is 1. The first-order valence-electron chi connectivity index (χ1n) is 15.3. The van der Waals surface area contributed by atoms with Gasteiger partial charge < -0.3 is 19.9 Å². The third kappa shape index (κ3) is 6.84. The summed E-state index contributed by atoms with van der Waals surface area (Å²) in [5.74, 6) is -0.231. The summed E-state index contributed by atoms with van der Waals surface area (Å²) in [6.45, 7) is 0.864. The molecule has 2 fully saturated rings. The summed E-state index contributed by atoms with van der Waals surface area (Å²) in [7, 11) is 0. The number of alkyl carbamates (subject to hydrolysis) is 1. The molecule has 4 aromatic rings. The lowest BCUT2D eigenvalue weighted by molar-refractivity contribution is -0.134. The molecule has 4 atom stereocenters. The highest BCUT2D eigenvalue weighted by Crippen LogP contribution is 2.29. The van der Waals surface area contributed by atoms with Crippen molar-refractivity contribution < 1.29 is 19.1 Å². The summed E-state index contributed by atoms with van der Waals surface area (Å²) >= 11 is 0. The predicted octanol–water partition coefficient (Wildman–Crippen LogP) is 4.87. The van der Waals surface area contributed by atoms with Gasteiger partial charge in [0.05, 0.1) is 24.7 Å². The van der Waals surface area contributed by atoms with E-state index in [-0.39, 0.29) is 43.6 Å². The highest BCUT2D eigenvalue weighted by Gasteiger charge is 2.45. The minimum Gasteiger partial charge on any atom is -0.445 e. The van der Waals surface area contributed by atoms with Gasteiger partial charge in [-0.1, -0.05) is 78.9 Å². The average molecular weight is 605 g/mol. The molecule has 2 aliphatic heterocycles. The lowest BCUT2D eigenvalue weighted by Gasteiger charge is -2.47. The number of amides is 4. The van der Waals surface area contributed by atoms with Crippen molar-refractivity contribution >= 4 is 28.9 Å². The monoisotopic (exact) mass is 604 g/mol. The number of benzene rings is 3. The first-order chi connectivity index (χ1) is 22.0. The van der Waals surface area contributed by atoms with Crippen molar-refractivity contribution in [3.63, 3.8) is 0 Å². The number of urea groups is 1. The van der Waals surface area contributed by atoms with Crippen molar-refractivity contribution in [1.29, 1.82) is 5.26 Å². The van der Waals surface area contributed by atoms with Crippen molar-refractivity contribution in [1.82, 2.24) is 25.4 Å². The smallest absolute Gasteiger partial charge is 0.407 e. The highest BCUT2D eigenvalue weighted by atomic mass is 16.5. The maximum atomic E-state index is 13.5. The lowest BCUT2D eigenvalue weighted by Crippen LogP contribution is -2.66. The van der Waals surface area contributed by atoms with Gasteiger partial charge in [-0.15, -0.1) is 0 Å². The number of aromatic nitrogens is 1. The molecule has 0 bridgehead atoms. The van der Waals surface area contributed by atoms with Crippen LogP contribution in [0.25, 0.3) is 10.9 Å². The third-order valence-corrected chi connectivity index (χ3v) is 8.69. The Kier molecular flexibility index (Phi) is 9.08. The van der Waals surface area contributed by atoms with Crippen LogP contribution < -0.4 is 10.6 Å². The van der Waals surface area contributed by atoms with Gasteiger partial charge in [0.2, 0.25) is 5.91 Å². The normalized spacial score (nSPS) is 19.4. The van der Waals surface area contributed by atoms with Gasteiger partial charge in [0.25, 0.3) is 0 Å². The van der Waals surface area contributed by atoms with E-state index in [1.807, 2.05) is 91.1 Å². The van der Waals surface area contributed by atoms with Gasteiger partial charge in [0, 0.05) is 36.1 Å². The summed E-state index contributed by atoms with van der Waals surface area (Å²) < 4.78 is 5.53. The van der Waals surface area contributed by atoms with Gasteiger partial charge in [0.1, 0.15) is 12.6 Å². The number of rotatable bonds is 10. The molecule has 0 saturated carbocycles. The number of ether oxygens (including phenoxy) is 1. The zero-order valence-corrected chi connectivity index (χ0v) is 24.9. The molecule has 6 rings (SSSR count). The number of nitrogens with one attached hydrogen (secondary N) is 3. The van der Waals surface area contributed by atoms with E-state index < -0.39 is 18.2 Å². The van der Waals surface area contributed by atoms with Gasteiger partial charge in [0.15, 0.2) is 0 Å². The standard InChI is InChI=1S/C35H36N6O4/c36-20-31(38-29-16-9-17-40-32(29)19-33(42)41(35(40)44)22-24-10-3-1-4-11-24)30(18-26-21-37-28-15-8-7-14-27(26)28)39-34(43)45-23-25-12-5-2-6-13-25/h1-8,10-15,21,29-32,37-38H,9,16-19,22-23H2,(H,39,43)/t29-,30-,31?,32+/m0/s1. The zero-order chi connectivity index (χ0) is 31.2. The third-order valence-electron chi connectivity index (χ3n) is 8.69. The fraction of sp³-hybridized carbons (Fsp3) is 0.314. The second-order valence-electron chi connectivity index (χ2n) is 11.6. The van der Waals surface area contributed by atoms with Crippen LogP contribution in [-0.4, -0.2) is 63.5 Å². The number of H-pyrrole nitrogens is 1. The first kappa shape index (κ1) is 29.9. The minimum atomic E-state index is -0.819. The van der Waals surface area contributed by atoms with Crippen LogP contribution in [0.15, 0.2) is 91.1 Å². The molecule has 0 aliphatic carbocycles. The molecule has 230 valence electrons. The van der Waals surface area contributed by atoms with Crippen LogP contribution in [0.5, 0.6) is 0 Å². The summed E-state index contributed by atoms with van der Waals surface area (Å²) in [4.78, 5) is 46.2. The summed E-state index contributed by atoms with van der Waals surface area (Å²) in [6, 6.07) is 26.6. The fourth-order valence-corrected chi connectivity index (χ4v) is 6.39. The van der Waals surface area contributed by atoms with Gasteiger partial charge in [-0.2, -0.15) is 5.26 Å². The Balaban J connectivity index is 1.19. The molecule has 1 aromatic heterocycles. The number of nitrogens with zero attached hydrogens (tertiary/aromatic N) is 3. The molecule has 4 amide bonds. The fourth-order valence-electron chi connectivity index (χ4n) is 6.39. The first-order valence-corrected chi connectivity index (χ1v) is 15.3. The molecule has 3 aromatic carbocycles. The number of para-hydroxylation sites is 1. The van der Waals surface area contributed by atoms with E-state index in [1.54, 1.807) is 4.90 Å². The van der Waals surface area contributed by atoms with Crippen molar-refractivity contribution in [2.75, 3.05) is 6.54 Å². The Morgan fingerprint density at radius 3 is 2.47 bits per heavy atom. The Morgan fingerprint density at radius 1 is 1.00 bits per heavy atom. The Hall–Kier alpha value is -5.14. The topological polar surface area (TPSA) is 131 Å². The Bertz CT molecular complexity index is 1680. The lowest BCUT2D eigenvalue weighted by atomic mass is 9.89. The highest BCUT2D eigenvalue weighted by molar-refractivity contribution is 5.97. The second-order valence-corrected chi connectivity index (χ2v) is 11.6. The Labute approximate surface area is 262 Å².